The average molecular weight is 241 g/mol. The Morgan fingerprint density at radius 1 is 1.00 bits per heavy atom. The van der Waals surface area contributed by atoms with E-state index >= 15 is 0 Å². The largest absolute Gasteiger partial charge is 0.367 e. The topological polar surface area (TPSA) is 52.3 Å². The average Bonchev–Trinajstić information content (AvgIpc) is 2.41. The maximum Gasteiger partial charge on any atom is 0.251 e. The molecule has 0 aliphatic heterocycles. The van der Waals surface area contributed by atoms with E-state index in [0.717, 1.165) is 11.1 Å². The van der Waals surface area contributed by atoms with Gasteiger partial charge in [0.15, 0.2) is 6.10 Å². The highest BCUT2D eigenvalue weighted by atomic mass is 16.5. The molecule has 0 spiro atoms. The summed E-state index contributed by atoms with van der Waals surface area (Å²) in [7, 11) is 0. The second-order valence-corrected chi connectivity index (χ2v) is 3.99. The van der Waals surface area contributed by atoms with Gasteiger partial charge < -0.3 is 10.5 Å². The van der Waals surface area contributed by atoms with Crippen molar-refractivity contribution in [1.82, 2.24) is 0 Å². The van der Waals surface area contributed by atoms with Gasteiger partial charge in [-0.15, -0.1) is 0 Å². The van der Waals surface area contributed by atoms with Crippen LogP contribution < -0.4 is 5.73 Å². The minimum Gasteiger partial charge on any atom is -0.367 e. The molecule has 0 aromatic heterocycles. The number of ether oxygens (including phenoxy) is 1. The van der Waals surface area contributed by atoms with Crippen LogP contribution in [0.15, 0.2) is 60.7 Å². The molecule has 0 heterocycles. The number of amides is 1. The Bertz CT molecular complexity index is 496. The van der Waals surface area contributed by atoms with Crippen molar-refractivity contribution >= 4 is 5.91 Å². The highest BCUT2D eigenvalue weighted by molar-refractivity contribution is 5.80. The fraction of sp³-hybridized carbons (Fsp3) is 0.133. The SMILES string of the molecule is NC(=O)[C@@H](OCc1ccccc1)c1ccccc1. The van der Waals surface area contributed by atoms with E-state index in [1.807, 2.05) is 60.7 Å². The molecule has 2 aromatic rings. The lowest BCUT2D eigenvalue weighted by atomic mass is 10.1. The molecular formula is C15H15NO2. The van der Waals surface area contributed by atoms with Crippen molar-refractivity contribution < 1.29 is 9.53 Å². The van der Waals surface area contributed by atoms with E-state index < -0.39 is 12.0 Å². The molecule has 0 bridgehead atoms. The molecule has 2 aromatic carbocycles. The van der Waals surface area contributed by atoms with E-state index in [4.69, 9.17) is 10.5 Å². The van der Waals surface area contributed by atoms with Gasteiger partial charge >= 0.3 is 0 Å². The number of carbonyl (C=O) groups excluding carboxylic acids is 1. The number of carbonyl (C=O) groups is 1. The first-order chi connectivity index (χ1) is 8.77. The lowest BCUT2D eigenvalue weighted by Gasteiger charge is -2.14. The molecule has 0 aliphatic carbocycles. The molecule has 2 N–H and O–H groups in total. The van der Waals surface area contributed by atoms with Gasteiger partial charge in [-0.3, -0.25) is 4.79 Å². The van der Waals surface area contributed by atoms with Crippen molar-refractivity contribution in [3.05, 3.63) is 71.8 Å². The fourth-order valence-electron chi connectivity index (χ4n) is 1.72. The van der Waals surface area contributed by atoms with Crippen LogP contribution in [-0.4, -0.2) is 5.91 Å². The Balaban J connectivity index is 2.06. The third-order valence-corrected chi connectivity index (χ3v) is 2.62. The molecular weight excluding hydrogens is 226 g/mol. The Morgan fingerprint density at radius 2 is 1.56 bits per heavy atom. The van der Waals surface area contributed by atoms with E-state index in [2.05, 4.69) is 0 Å². The summed E-state index contributed by atoms with van der Waals surface area (Å²) in [6, 6.07) is 19.0. The van der Waals surface area contributed by atoms with Crippen LogP contribution in [0.2, 0.25) is 0 Å². The van der Waals surface area contributed by atoms with Crippen LogP contribution in [0.5, 0.6) is 0 Å². The first-order valence-corrected chi connectivity index (χ1v) is 5.77. The van der Waals surface area contributed by atoms with Gasteiger partial charge in [0.05, 0.1) is 6.61 Å². The lowest BCUT2D eigenvalue weighted by Crippen LogP contribution is -2.23. The number of primary amides is 1. The maximum atomic E-state index is 11.4. The highest BCUT2D eigenvalue weighted by Gasteiger charge is 2.17. The van der Waals surface area contributed by atoms with E-state index in [0.29, 0.717) is 6.61 Å². The van der Waals surface area contributed by atoms with Crippen LogP contribution in [-0.2, 0) is 16.1 Å². The Labute approximate surface area is 106 Å². The molecule has 0 saturated heterocycles. The molecule has 3 heteroatoms. The zero-order valence-corrected chi connectivity index (χ0v) is 9.95. The van der Waals surface area contributed by atoms with Gasteiger partial charge in [-0.25, -0.2) is 0 Å². The van der Waals surface area contributed by atoms with Gasteiger partial charge in [0.2, 0.25) is 0 Å². The van der Waals surface area contributed by atoms with Gasteiger partial charge in [-0.05, 0) is 11.1 Å². The number of hydrogen-bond acceptors (Lipinski definition) is 2. The molecule has 18 heavy (non-hydrogen) atoms. The highest BCUT2D eigenvalue weighted by Crippen LogP contribution is 2.18. The number of hydrogen-bond donors (Lipinski definition) is 1. The zero-order chi connectivity index (χ0) is 12.8. The molecule has 92 valence electrons. The second kappa shape index (κ2) is 5.98. The fourth-order valence-corrected chi connectivity index (χ4v) is 1.72. The zero-order valence-electron chi connectivity index (χ0n) is 9.95. The minimum atomic E-state index is -0.702. The molecule has 0 saturated carbocycles. The van der Waals surface area contributed by atoms with Crippen molar-refractivity contribution in [1.29, 1.82) is 0 Å². The number of rotatable bonds is 5. The van der Waals surface area contributed by atoms with Crippen LogP contribution in [0.25, 0.3) is 0 Å². The van der Waals surface area contributed by atoms with Crippen molar-refractivity contribution in [3.8, 4) is 0 Å². The van der Waals surface area contributed by atoms with Crippen LogP contribution in [0.1, 0.15) is 17.2 Å². The van der Waals surface area contributed by atoms with Gasteiger partial charge in [-0.1, -0.05) is 60.7 Å². The molecule has 2 rings (SSSR count). The van der Waals surface area contributed by atoms with E-state index in [1.54, 1.807) is 0 Å². The predicted molar refractivity (Wildman–Crippen MR) is 69.6 cm³/mol. The van der Waals surface area contributed by atoms with Gasteiger partial charge in [0.25, 0.3) is 5.91 Å². The third-order valence-electron chi connectivity index (χ3n) is 2.62. The summed E-state index contributed by atoms with van der Waals surface area (Å²) in [4.78, 5) is 11.4. The number of benzene rings is 2. The quantitative estimate of drug-likeness (QED) is 0.874. The summed E-state index contributed by atoms with van der Waals surface area (Å²) in [5.41, 5.74) is 7.16. The van der Waals surface area contributed by atoms with E-state index in [-0.39, 0.29) is 0 Å². The minimum absolute atomic E-state index is 0.364. The lowest BCUT2D eigenvalue weighted by molar-refractivity contribution is -0.130. The van der Waals surface area contributed by atoms with Crippen LogP contribution in [0.4, 0.5) is 0 Å². The van der Waals surface area contributed by atoms with Crippen molar-refractivity contribution in [2.45, 2.75) is 12.7 Å². The Kier molecular flexibility index (Phi) is 4.10. The first kappa shape index (κ1) is 12.3. The first-order valence-electron chi connectivity index (χ1n) is 5.77. The van der Waals surface area contributed by atoms with Crippen LogP contribution in [0.3, 0.4) is 0 Å². The molecule has 1 amide bonds. The normalized spacial score (nSPS) is 12.0. The summed E-state index contributed by atoms with van der Waals surface area (Å²) in [5, 5.41) is 0. The van der Waals surface area contributed by atoms with Gasteiger partial charge in [-0.2, -0.15) is 0 Å². The summed E-state index contributed by atoms with van der Waals surface area (Å²) >= 11 is 0. The molecule has 0 aliphatic rings. The smallest absolute Gasteiger partial charge is 0.251 e. The molecule has 0 radical (unpaired) electrons. The Hall–Kier alpha value is -2.13. The monoisotopic (exact) mass is 241 g/mol. The summed E-state index contributed by atoms with van der Waals surface area (Å²) < 4.78 is 5.60. The summed E-state index contributed by atoms with van der Waals surface area (Å²) in [6.07, 6.45) is -0.702. The molecule has 1 atom stereocenters. The van der Waals surface area contributed by atoms with E-state index in [9.17, 15) is 4.79 Å². The Morgan fingerprint density at radius 3 is 2.11 bits per heavy atom. The molecule has 3 nitrogen and oxygen atoms in total. The predicted octanol–water partition coefficient (Wildman–Crippen LogP) is 2.43. The summed E-state index contributed by atoms with van der Waals surface area (Å²) in [5.74, 6) is -0.475. The van der Waals surface area contributed by atoms with E-state index in [1.165, 1.54) is 0 Å². The third kappa shape index (κ3) is 3.18. The maximum absolute atomic E-state index is 11.4. The molecule has 0 unspecified atom stereocenters. The molecule has 0 fully saturated rings. The van der Waals surface area contributed by atoms with Crippen LogP contribution in [0, 0.1) is 0 Å². The van der Waals surface area contributed by atoms with Gasteiger partial charge in [0.1, 0.15) is 0 Å². The number of nitrogens with two attached hydrogens (primary N) is 1. The second-order valence-electron chi connectivity index (χ2n) is 3.99. The standard InChI is InChI=1S/C15H15NO2/c16-15(17)14(13-9-5-2-6-10-13)18-11-12-7-3-1-4-8-12/h1-10,14H,11H2,(H2,16,17)/t14-/m0/s1. The van der Waals surface area contributed by atoms with Crippen molar-refractivity contribution in [3.63, 3.8) is 0 Å². The van der Waals surface area contributed by atoms with Crippen molar-refractivity contribution in [2.24, 2.45) is 5.73 Å². The van der Waals surface area contributed by atoms with Gasteiger partial charge in [0, 0.05) is 0 Å². The van der Waals surface area contributed by atoms with Crippen LogP contribution >= 0.6 is 0 Å². The summed E-state index contributed by atoms with van der Waals surface area (Å²) in [6.45, 7) is 0.364. The van der Waals surface area contributed by atoms with Crippen molar-refractivity contribution in [2.75, 3.05) is 0 Å².